The molecular formula is C13H15N5O2. The highest BCUT2D eigenvalue weighted by atomic mass is 16.5. The van der Waals surface area contributed by atoms with Crippen molar-refractivity contribution in [2.24, 2.45) is 0 Å². The number of rotatable bonds is 2. The molecule has 0 radical (unpaired) electrons. The van der Waals surface area contributed by atoms with Crippen LogP contribution in [0, 0.1) is 0 Å². The number of aromatic nitrogens is 4. The third-order valence-electron chi connectivity index (χ3n) is 3.36. The Morgan fingerprint density at radius 3 is 2.80 bits per heavy atom. The molecule has 0 bridgehead atoms. The van der Waals surface area contributed by atoms with Gasteiger partial charge in [0.1, 0.15) is 6.33 Å². The second-order valence-electron chi connectivity index (χ2n) is 4.72. The fraction of sp³-hybridized carbons (Fsp3) is 0.385. The first-order chi connectivity index (χ1) is 9.75. The van der Waals surface area contributed by atoms with Gasteiger partial charge in [-0.3, -0.25) is 4.79 Å². The van der Waals surface area contributed by atoms with E-state index in [0.717, 1.165) is 5.69 Å². The molecular weight excluding hydrogens is 258 g/mol. The second-order valence-corrected chi connectivity index (χ2v) is 4.72. The molecule has 0 saturated carbocycles. The third-order valence-corrected chi connectivity index (χ3v) is 3.36. The maximum absolute atomic E-state index is 12.4. The van der Waals surface area contributed by atoms with E-state index >= 15 is 0 Å². The minimum atomic E-state index is 0.0315. The molecule has 1 atom stereocenters. The molecule has 2 heterocycles. The van der Waals surface area contributed by atoms with Gasteiger partial charge in [0.25, 0.3) is 5.91 Å². The Labute approximate surface area is 116 Å². The van der Waals surface area contributed by atoms with Crippen molar-refractivity contribution in [3.63, 3.8) is 0 Å². The van der Waals surface area contributed by atoms with Gasteiger partial charge in [0, 0.05) is 12.1 Å². The Morgan fingerprint density at radius 1 is 1.35 bits per heavy atom. The topological polar surface area (TPSA) is 73.1 Å². The highest BCUT2D eigenvalue weighted by molar-refractivity contribution is 5.94. The molecule has 1 aromatic heterocycles. The van der Waals surface area contributed by atoms with Gasteiger partial charge < -0.3 is 9.64 Å². The summed E-state index contributed by atoms with van der Waals surface area (Å²) >= 11 is 0. The minimum Gasteiger partial charge on any atom is -0.377 e. The van der Waals surface area contributed by atoms with Crippen LogP contribution in [0.5, 0.6) is 0 Å². The number of hydrogen-bond donors (Lipinski definition) is 0. The van der Waals surface area contributed by atoms with Crippen molar-refractivity contribution >= 4 is 5.91 Å². The lowest BCUT2D eigenvalue weighted by atomic mass is 10.1. The Morgan fingerprint density at radius 2 is 2.15 bits per heavy atom. The number of morpholine rings is 1. The average molecular weight is 273 g/mol. The van der Waals surface area contributed by atoms with Crippen LogP contribution in [-0.2, 0) is 4.74 Å². The summed E-state index contributed by atoms with van der Waals surface area (Å²) in [6.07, 6.45) is 1.51. The first-order valence-electron chi connectivity index (χ1n) is 6.48. The Kier molecular flexibility index (Phi) is 3.42. The fourth-order valence-electron chi connectivity index (χ4n) is 2.23. The summed E-state index contributed by atoms with van der Waals surface area (Å²) in [5.41, 5.74) is 1.48. The van der Waals surface area contributed by atoms with Gasteiger partial charge in [-0.05, 0) is 41.6 Å². The van der Waals surface area contributed by atoms with E-state index in [1.54, 1.807) is 16.8 Å². The minimum absolute atomic E-state index is 0.0315. The van der Waals surface area contributed by atoms with Gasteiger partial charge in [-0.1, -0.05) is 0 Å². The van der Waals surface area contributed by atoms with Crippen molar-refractivity contribution in [2.45, 2.75) is 13.0 Å². The molecule has 1 amide bonds. The van der Waals surface area contributed by atoms with Crippen LogP contribution in [0.15, 0.2) is 30.6 Å². The Bertz CT molecular complexity index is 581. The number of carbonyl (C=O) groups excluding carboxylic acids is 1. The third kappa shape index (κ3) is 2.39. The summed E-state index contributed by atoms with van der Waals surface area (Å²) < 4.78 is 6.89. The summed E-state index contributed by atoms with van der Waals surface area (Å²) in [6.45, 7) is 3.81. The number of ether oxygens (including phenoxy) is 1. The number of nitrogens with zero attached hydrogens (tertiary/aromatic N) is 5. The van der Waals surface area contributed by atoms with Crippen LogP contribution in [0.3, 0.4) is 0 Å². The largest absolute Gasteiger partial charge is 0.377 e. The van der Waals surface area contributed by atoms with E-state index < -0.39 is 0 Å². The molecule has 1 aliphatic rings. The lowest BCUT2D eigenvalue weighted by Gasteiger charge is -2.33. The lowest BCUT2D eigenvalue weighted by molar-refractivity contribution is 0.00359. The van der Waals surface area contributed by atoms with Crippen LogP contribution in [0.2, 0.25) is 0 Å². The number of carbonyl (C=O) groups is 1. The van der Waals surface area contributed by atoms with E-state index in [0.29, 0.717) is 25.3 Å². The molecule has 1 aliphatic heterocycles. The van der Waals surface area contributed by atoms with Crippen molar-refractivity contribution < 1.29 is 9.53 Å². The first kappa shape index (κ1) is 12.7. The molecule has 1 fully saturated rings. The molecule has 1 aromatic carbocycles. The van der Waals surface area contributed by atoms with Crippen LogP contribution in [0.25, 0.3) is 5.69 Å². The van der Waals surface area contributed by atoms with Gasteiger partial charge in [-0.15, -0.1) is 5.10 Å². The van der Waals surface area contributed by atoms with E-state index in [2.05, 4.69) is 15.5 Å². The van der Waals surface area contributed by atoms with Gasteiger partial charge in [-0.2, -0.15) is 0 Å². The summed E-state index contributed by atoms with van der Waals surface area (Å²) in [6, 6.07) is 7.35. The number of tetrazole rings is 1. The fourth-order valence-corrected chi connectivity index (χ4v) is 2.23. The van der Waals surface area contributed by atoms with E-state index in [4.69, 9.17) is 4.74 Å². The van der Waals surface area contributed by atoms with Gasteiger partial charge in [0.05, 0.1) is 24.9 Å². The van der Waals surface area contributed by atoms with E-state index in [1.807, 2.05) is 24.0 Å². The molecule has 3 rings (SSSR count). The highest BCUT2D eigenvalue weighted by Crippen LogP contribution is 2.14. The smallest absolute Gasteiger partial charge is 0.254 e. The highest BCUT2D eigenvalue weighted by Gasteiger charge is 2.24. The summed E-state index contributed by atoms with van der Waals surface area (Å²) in [5, 5.41) is 11.0. The zero-order valence-electron chi connectivity index (χ0n) is 11.1. The number of amides is 1. The van der Waals surface area contributed by atoms with Gasteiger partial charge in [0.2, 0.25) is 0 Å². The first-order valence-corrected chi connectivity index (χ1v) is 6.48. The van der Waals surface area contributed by atoms with Crippen LogP contribution >= 0.6 is 0 Å². The Balaban J connectivity index is 1.78. The maximum atomic E-state index is 12.4. The average Bonchev–Trinajstić information content (AvgIpc) is 3.01. The standard InChI is InChI=1S/C13H15N5O2/c1-10-8-20-7-6-17(10)13(19)11-2-4-12(5-3-11)18-9-14-15-16-18/h2-5,9-10H,6-8H2,1H3/t10-/m0/s1. The van der Waals surface area contributed by atoms with E-state index in [1.165, 1.54) is 6.33 Å². The number of hydrogen-bond acceptors (Lipinski definition) is 5. The molecule has 7 heteroatoms. The van der Waals surface area contributed by atoms with E-state index in [-0.39, 0.29) is 11.9 Å². The molecule has 0 aliphatic carbocycles. The van der Waals surface area contributed by atoms with Crippen molar-refractivity contribution in [1.82, 2.24) is 25.1 Å². The summed E-state index contributed by atoms with van der Waals surface area (Å²) in [5.74, 6) is 0.0315. The van der Waals surface area contributed by atoms with Crippen LogP contribution in [-0.4, -0.2) is 56.8 Å². The molecule has 0 spiro atoms. The van der Waals surface area contributed by atoms with Gasteiger partial charge in [0.15, 0.2) is 0 Å². The lowest BCUT2D eigenvalue weighted by Crippen LogP contribution is -2.47. The molecule has 20 heavy (non-hydrogen) atoms. The normalized spacial score (nSPS) is 19.1. The summed E-state index contributed by atoms with van der Waals surface area (Å²) in [4.78, 5) is 14.3. The van der Waals surface area contributed by atoms with Crippen LogP contribution in [0.4, 0.5) is 0 Å². The van der Waals surface area contributed by atoms with Crippen LogP contribution < -0.4 is 0 Å². The molecule has 0 N–H and O–H groups in total. The van der Waals surface area contributed by atoms with Gasteiger partial charge >= 0.3 is 0 Å². The predicted molar refractivity (Wildman–Crippen MR) is 70.5 cm³/mol. The quantitative estimate of drug-likeness (QED) is 0.797. The second kappa shape index (κ2) is 5.38. The van der Waals surface area contributed by atoms with Crippen molar-refractivity contribution in [3.8, 4) is 5.69 Å². The monoisotopic (exact) mass is 273 g/mol. The molecule has 0 unspecified atom stereocenters. The molecule has 7 nitrogen and oxygen atoms in total. The molecule has 104 valence electrons. The summed E-state index contributed by atoms with van der Waals surface area (Å²) in [7, 11) is 0. The number of benzene rings is 1. The Hall–Kier alpha value is -2.28. The predicted octanol–water partition coefficient (Wildman–Crippen LogP) is 0.523. The maximum Gasteiger partial charge on any atom is 0.254 e. The molecule has 1 saturated heterocycles. The molecule has 2 aromatic rings. The van der Waals surface area contributed by atoms with Crippen molar-refractivity contribution in [3.05, 3.63) is 36.2 Å². The SMILES string of the molecule is C[C@H]1COCCN1C(=O)c1ccc(-n2cnnn2)cc1. The zero-order valence-corrected chi connectivity index (χ0v) is 11.1. The van der Waals surface area contributed by atoms with Crippen molar-refractivity contribution in [2.75, 3.05) is 19.8 Å². The van der Waals surface area contributed by atoms with E-state index in [9.17, 15) is 4.79 Å². The van der Waals surface area contributed by atoms with Gasteiger partial charge in [-0.25, -0.2) is 4.68 Å². The zero-order chi connectivity index (χ0) is 13.9. The van der Waals surface area contributed by atoms with Crippen molar-refractivity contribution in [1.29, 1.82) is 0 Å². The van der Waals surface area contributed by atoms with Crippen LogP contribution in [0.1, 0.15) is 17.3 Å².